The molecule has 0 spiro atoms. The summed E-state index contributed by atoms with van der Waals surface area (Å²) in [7, 11) is 0. The number of anilines is 1. The largest absolute Gasteiger partial charge is 0.325 e. The Labute approximate surface area is 162 Å². The summed E-state index contributed by atoms with van der Waals surface area (Å²) < 4.78 is 0. The van der Waals surface area contributed by atoms with E-state index in [-0.39, 0.29) is 30.4 Å². The van der Waals surface area contributed by atoms with Crippen LogP contribution >= 0.6 is 11.6 Å². The van der Waals surface area contributed by atoms with Crippen molar-refractivity contribution >= 4 is 29.1 Å². The molecule has 0 bridgehead atoms. The van der Waals surface area contributed by atoms with Crippen molar-refractivity contribution in [3.05, 3.63) is 77.6 Å². The Morgan fingerprint density at radius 1 is 1.11 bits per heavy atom. The van der Waals surface area contributed by atoms with E-state index in [2.05, 4.69) is 10.7 Å². The predicted molar refractivity (Wildman–Crippen MR) is 103 cm³/mol. The first kappa shape index (κ1) is 17.6. The Hall–Kier alpha value is -2.83. The molecule has 2 heterocycles. The number of hydrazine groups is 1. The molecule has 7 heteroatoms. The second kappa shape index (κ2) is 7.42. The van der Waals surface area contributed by atoms with Crippen LogP contribution in [0.3, 0.4) is 0 Å². The fourth-order valence-electron chi connectivity index (χ4n) is 3.36. The Bertz CT molecular complexity index is 869. The van der Waals surface area contributed by atoms with Gasteiger partial charge in [0, 0.05) is 23.1 Å². The van der Waals surface area contributed by atoms with E-state index in [9.17, 15) is 9.59 Å². The number of rotatable bonds is 4. The first-order valence-corrected chi connectivity index (χ1v) is 9.11. The van der Waals surface area contributed by atoms with Crippen molar-refractivity contribution in [3.8, 4) is 0 Å². The lowest BCUT2D eigenvalue weighted by Crippen LogP contribution is -2.49. The van der Waals surface area contributed by atoms with E-state index in [4.69, 9.17) is 11.6 Å². The molecule has 0 aromatic heterocycles. The smallest absolute Gasteiger partial charge is 0.251 e. The second-order valence-corrected chi connectivity index (χ2v) is 7.01. The fourth-order valence-corrected chi connectivity index (χ4v) is 3.48. The summed E-state index contributed by atoms with van der Waals surface area (Å²) in [4.78, 5) is 26.5. The highest BCUT2D eigenvalue weighted by Gasteiger charge is 2.40. The van der Waals surface area contributed by atoms with Crippen LogP contribution < -0.4 is 10.7 Å². The highest BCUT2D eigenvalue weighted by atomic mass is 35.5. The molecule has 1 saturated heterocycles. The number of hydrogen-bond acceptors (Lipinski definition) is 4. The van der Waals surface area contributed by atoms with Gasteiger partial charge in [-0.3, -0.25) is 9.59 Å². The van der Waals surface area contributed by atoms with Gasteiger partial charge in [-0.15, -0.1) is 0 Å². The summed E-state index contributed by atoms with van der Waals surface area (Å²) in [6.07, 6.45) is 4.07. The van der Waals surface area contributed by atoms with Crippen LogP contribution in [0.15, 0.2) is 67.0 Å². The van der Waals surface area contributed by atoms with E-state index < -0.39 is 0 Å². The highest BCUT2D eigenvalue weighted by molar-refractivity contribution is 6.30. The van der Waals surface area contributed by atoms with E-state index in [0.29, 0.717) is 17.1 Å². The number of amides is 2. The molecule has 2 N–H and O–H groups in total. The number of carbonyl (C=O) groups excluding carboxylic acids is 2. The normalized spacial score (nSPS) is 21.3. The average molecular weight is 383 g/mol. The zero-order valence-electron chi connectivity index (χ0n) is 14.5. The number of benzene rings is 2. The first-order chi connectivity index (χ1) is 13.1. The minimum Gasteiger partial charge on any atom is -0.325 e. The Morgan fingerprint density at radius 2 is 1.85 bits per heavy atom. The summed E-state index contributed by atoms with van der Waals surface area (Å²) in [5.74, 6) is -0.322. The Morgan fingerprint density at radius 3 is 2.59 bits per heavy atom. The van der Waals surface area contributed by atoms with Crippen LogP contribution in [0, 0.1) is 0 Å². The van der Waals surface area contributed by atoms with Crippen LogP contribution in [0.1, 0.15) is 18.0 Å². The Kier molecular flexibility index (Phi) is 4.83. The number of hydrogen-bond donors (Lipinski definition) is 2. The molecule has 0 aliphatic carbocycles. The van der Waals surface area contributed by atoms with Crippen LogP contribution in [0.25, 0.3) is 0 Å². The van der Waals surface area contributed by atoms with Crippen molar-refractivity contribution in [1.29, 1.82) is 0 Å². The maximum atomic E-state index is 12.8. The SMILES string of the molecule is O=C(CN1C=CN2NC(c3ccc(Cl)cc3)CC2C1=O)Nc1ccccc1. The second-order valence-electron chi connectivity index (χ2n) is 6.57. The van der Waals surface area contributed by atoms with E-state index in [1.807, 2.05) is 59.6 Å². The monoisotopic (exact) mass is 382 g/mol. The van der Waals surface area contributed by atoms with Crippen molar-refractivity contribution in [1.82, 2.24) is 15.3 Å². The standard InChI is InChI=1S/C20H19ClN4O2/c21-15-8-6-14(7-9-15)17-12-18-20(27)24(10-11-25(18)23-17)13-19(26)22-16-4-2-1-3-5-16/h1-11,17-18,23H,12-13H2,(H,22,26). The summed E-state index contributed by atoms with van der Waals surface area (Å²) in [5, 5.41) is 5.30. The van der Waals surface area contributed by atoms with Gasteiger partial charge in [-0.05, 0) is 36.2 Å². The summed E-state index contributed by atoms with van der Waals surface area (Å²) in [6.45, 7) is -0.0137. The van der Waals surface area contributed by atoms with Gasteiger partial charge in [0.25, 0.3) is 5.91 Å². The third-order valence-electron chi connectivity index (χ3n) is 4.72. The molecule has 1 fully saturated rings. The number of halogens is 1. The van der Waals surface area contributed by atoms with Crippen LogP contribution in [-0.2, 0) is 9.59 Å². The van der Waals surface area contributed by atoms with E-state index in [1.165, 1.54) is 4.90 Å². The van der Waals surface area contributed by atoms with Crippen molar-refractivity contribution < 1.29 is 9.59 Å². The van der Waals surface area contributed by atoms with Gasteiger partial charge in [0.05, 0.1) is 6.04 Å². The summed E-state index contributed by atoms with van der Waals surface area (Å²) in [5.41, 5.74) is 5.11. The maximum absolute atomic E-state index is 12.8. The van der Waals surface area contributed by atoms with Gasteiger partial charge < -0.3 is 15.2 Å². The minimum absolute atomic E-state index is 0.0137. The van der Waals surface area contributed by atoms with Crippen LogP contribution in [-0.4, -0.2) is 34.3 Å². The van der Waals surface area contributed by atoms with E-state index >= 15 is 0 Å². The van der Waals surface area contributed by atoms with Gasteiger partial charge in [-0.25, -0.2) is 5.43 Å². The third-order valence-corrected chi connectivity index (χ3v) is 4.97. The van der Waals surface area contributed by atoms with Crippen LogP contribution in [0.2, 0.25) is 5.02 Å². The molecule has 2 aliphatic rings. The third kappa shape index (κ3) is 3.82. The Balaban J connectivity index is 1.40. The van der Waals surface area contributed by atoms with Gasteiger partial charge in [-0.1, -0.05) is 41.9 Å². The van der Waals surface area contributed by atoms with Gasteiger partial charge in [0.2, 0.25) is 5.91 Å². The van der Waals surface area contributed by atoms with Crippen molar-refractivity contribution in [2.75, 3.05) is 11.9 Å². The number of nitrogens with one attached hydrogen (secondary N) is 2. The van der Waals surface area contributed by atoms with Crippen LogP contribution in [0.5, 0.6) is 0 Å². The van der Waals surface area contributed by atoms with E-state index in [1.54, 1.807) is 12.4 Å². The maximum Gasteiger partial charge on any atom is 0.251 e. The fraction of sp³-hybridized carbons (Fsp3) is 0.200. The number of carbonyl (C=O) groups is 2. The topological polar surface area (TPSA) is 64.7 Å². The molecule has 2 aromatic rings. The molecule has 138 valence electrons. The molecular formula is C20H19ClN4O2. The number of nitrogens with zero attached hydrogens (tertiary/aromatic N) is 2. The highest BCUT2D eigenvalue weighted by Crippen LogP contribution is 2.31. The number of fused-ring (bicyclic) bond motifs is 1. The zero-order chi connectivity index (χ0) is 18.8. The molecule has 0 saturated carbocycles. The first-order valence-electron chi connectivity index (χ1n) is 8.74. The van der Waals surface area contributed by atoms with E-state index in [0.717, 1.165) is 5.56 Å². The molecule has 2 unspecified atom stereocenters. The van der Waals surface area contributed by atoms with Gasteiger partial charge >= 0.3 is 0 Å². The molecular weight excluding hydrogens is 364 g/mol. The molecule has 27 heavy (non-hydrogen) atoms. The molecule has 0 radical (unpaired) electrons. The van der Waals surface area contributed by atoms with Crippen molar-refractivity contribution in [3.63, 3.8) is 0 Å². The lowest BCUT2D eigenvalue weighted by molar-refractivity contribution is -0.137. The average Bonchev–Trinajstić information content (AvgIpc) is 3.10. The molecule has 6 nitrogen and oxygen atoms in total. The van der Waals surface area contributed by atoms with Gasteiger partial charge in [0.1, 0.15) is 12.6 Å². The van der Waals surface area contributed by atoms with Crippen molar-refractivity contribution in [2.45, 2.75) is 18.5 Å². The number of para-hydroxylation sites is 1. The lowest BCUT2D eigenvalue weighted by atomic mass is 10.0. The lowest BCUT2D eigenvalue weighted by Gasteiger charge is -2.31. The minimum atomic E-state index is -0.333. The molecule has 2 amide bonds. The predicted octanol–water partition coefficient (Wildman–Crippen LogP) is 2.91. The van der Waals surface area contributed by atoms with Gasteiger partial charge in [0.15, 0.2) is 0 Å². The quantitative estimate of drug-likeness (QED) is 0.853. The summed E-state index contributed by atoms with van der Waals surface area (Å²) in [6, 6.07) is 16.5. The molecule has 2 atom stereocenters. The molecule has 4 rings (SSSR count). The van der Waals surface area contributed by atoms with Crippen molar-refractivity contribution in [2.24, 2.45) is 0 Å². The van der Waals surface area contributed by atoms with Crippen LogP contribution in [0.4, 0.5) is 5.69 Å². The molecule has 2 aromatic carbocycles. The summed E-state index contributed by atoms with van der Waals surface area (Å²) >= 11 is 5.95. The van der Waals surface area contributed by atoms with Gasteiger partial charge in [-0.2, -0.15) is 0 Å². The zero-order valence-corrected chi connectivity index (χ0v) is 15.3. The molecule has 2 aliphatic heterocycles.